The molecule has 5 heteroatoms. The van der Waals surface area contributed by atoms with Gasteiger partial charge in [0, 0.05) is 46.7 Å². The van der Waals surface area contributed by atoms with Crippen molar-refractivity contribution in [2.24, 2.45) is 4.99 Å². The van der Waals surface area contributed by atoms with Crippen LogP contribution in [0.4, 0.5) is 5.82 Å². The maximum Gasteiger partial charge on any atom is 0.129 e. The normalized spacial score (nSPS) is 14.6. The molecule has 0 saturated carbocycles. The molecule has 1 aromatic carbocycles. The summed E-state index contributed by atoms with van der Waals surface area (Å²) in [6.07, 6.45) is 9.80. The van der Waals surface area contributed by atoms with Gasteiger partial charge in [-0.15, -0.1) is 0 Å². The summed E-state index contributed by atoms with van der Waals surface area (Å²) >= 11 is 3.39. The van der Waals surface area contributed by atoms with Crippen molar-refractivity contribution >= 4 is 33.5 Å². The quantitative estimate of drug-likeness (QED) is 0.727. The second-order valence-corrected chi connectivity index (χ2v) is 6.42. The van der Waals surface area contributed by atoms with Gasteiger partial charge in [0.1, 0.15) is 5.82 Å². The van der Waals surface area contributed by atoms with Crippen molar-refractivity contribution in [1.29, 1.82) is 0 Å². The lowest BCUT2D eigenvalue weighted by Gasteiger charge is -2.16. The van der Waals surface area contributed by atoms with Crippen LogP contribution in [0.15, 0.2) is 76.7 Å². The summed E-state index contributed by atoms with van der Waals surface area (Å²) in [5, 5.41) is 3.26. The summed E-state index contributed by atoms with van der Waals surface area (Å²) in [4.78, 5) is 8.78. The van der Waals surface area contributed by atoms with E-state index in [1.807, 2.05) is 49.1 Å². The van der Waals surface area contributed by atoms with Gasteiger partial charge in [-0.1, -0.05) is 6.07 Å². The van der Waals surface area contributed by atoms with Gasteiger partial charge in [-0.2, -0.15) is 0 Å². The topological polar surface area (TPSA) is 42.2 Å². The molecule has 4 nitrogen and oxygen atoms in total. The van der Waals surface area contributed by atoms with Gasteiger partial charge in [0.05, 0.1) is 6.54 Å². The first kappa shape index (κ1) is 14.9. The standard InChI is InChI=1S/C19H15BrN4/c20-16-4-6-19(23-13-16)22-12-15-11-21-10-14-3-5-17(9-18(14)15)24-7-1-2-8-24/h1-10,12-13H,11H2,(H,22,23)/b15-12+. The summed E-state index contributed by atoms with van der Waals surface area (Å²) in [5.41, 5.74) is 4.61. The molecule has 3 heterocycles. The van der Waals surface area contributed by atoms with Crippen LogP contribution in [0.1, 0.15) is 11.1 Å². The van der Waals surface area contributed by atoms with E-state index in [9.17, 15) is 0 Å². The van der Waals surface area contributed by atoms with Crippen LogP contribution in [0.2, 0.25) is 0 Å². The average Bonchev–Trinajstić information content (AvgIpc) is 3.15. The van der Waals surface area contributed by atoms with Crippen LogP contribution >= 0.6 is 15.9 Å². The molecule has 0 atom stereocenters. The van der Waals surface area contributed by atoms with E-state index in [0.717, 1.165) is 27.1 Å². The van der Waals surface area contributed by atoms with Crippen LogP contribution in [0.5, 0.6) is 0 Å². The number of hydrogen-bond donors (Lipinski definition) is 1. The molecule has 0 fully saturated rings. The fraction of sp³-hybridized carbons (Fsp3) is 0.0526. The van der Waals surface area contributed by atoms with Crippen LogP contribution in [0.25, 0.3) is 11.3 Å². The number of nitrogens with zero attached hydrogens (tertiary/aromatic N) is 3. The zero-order chi connectivity index (χ0) is 16.4. The minimum absolute atomic E-state index is 0.658. The van der Waals surface area contributed by atoms with E-state index in [0.29, 0.717) is 6.54 Å². The first-order valence-corrected chi connectivity index (χ1v) is 8.44. The first-order chi connectivity index (χ1) is 11.8. The number of hydrogen-bond acceptors (Lipinski definition) is 3. The Kier molecular flexibility index (Phi) is 4.01. The van der Waals surface area contributed by atoms with Crippen molar-refractivity contribution < 1.29 is 0 Å². The van der Waals surface area contributed by atoms with Crippen LogP contribution < -0.4 is 5.32 Å². The molecule has 1 aliphatic rings. The van der Waals surface area contributed by atoms with Crippen LogP contribution in [0.3, 0.4) is 0 Å². The molecule has 2 aromatic heterocycles. The highest BCUT2D eigenvalue weighted by Crippen LogP contribution is 2.25. The molecular formula is C19H15BrN4. The molecule has 0 unspecified atom stereocenters. The third-order valence-corrected chi connectivity index (χ3v) is 4.37. The second kappa shape index (κ2) is 6.45. The van der Waals surface area contributed by atoms with E-state index >= 15 is 0 Å². The average molecular weight is 379 g/mol. The van der Waals surface area contributed by atoms with Gasteiger partial charge in [-0.25, -0.2) is 4.98 Å². The lowest BCUT2D eigenvalue weighted by Crippen LogP contribution is -2.06. The predicted molar refractivity (Wildman–Crippen MR) is 102 cm³/mol. The molecule has 24 heavy (non-hydrogen) atoms. The second-order valence-electron chi connectivity index (χ2n) is 5.51. The number of benzene rings is 1. The van der Waals surface area contributed by atoms with E-state index in [2.05, 4.69) is 54.0 Å². The lowest BCUT2D eigenvalue weighted by molar-refractivity contribution is 1.07. The van der Waals surface area contributed by atoms with Crippen LogP contribution in [-0.4, -0.2) is 22.3 Å². The van der Waals surface area contributed by atoms with Gasteiger partial charge in [0.25, 0.3) is 0 Å². The van der Waals surface area contributed by atoms with Gasteiger partial charge >= 0.3 is 0 Å². The summed E-state index contributed by atoms with van der Waals surface area (Å²) in [5.74, 6) is 0.809. The van der Waals surface area contributed by atoms with Crippen molar-refractivity contribution in [2.45, 2.75) is 0 Å². The molecule has 118 valence electrons. The molecule has 3 aromatic rings. The Morgan fingerprint density at radius 1 is 1.12 bits per heavy atom. The monoisotopic (exact) mass is 378 g/mol. The van der Waals surface area contributed by atoms with Crippen molar-refractivity contribution in [3.8, 4) is 5.69 Å². The van der Waals surface area contributed by atoms with Gasteiger partial charge < -0.3 is 9.88 Å². The Morgan fingerprint density at radius 2 is 2.00 bits per heavy atom. The molecule has 0 saturated heterocycles. The molecular weight excluding hydrogens is 364 g/mol. The molecule has 0 spiro atoms. The number of nitrogens with one attached hydrogen (secondary N) is 1. The molecule has 1 N–H and O–H groups in total. The number of aliphatic imine (C=N–C) groups is 1. The number of fused-ring (bicyclic) bond motifs is 1. The highest BCUT2D eigenvalue weighted by molar-refractivity contribution is 9.10. The van der Waals surface area contributed by atoms with E-state index in [1.165, 1.54) is 5.56 Å². The van der Waals surface area contributed by atoms with Crippen molar-refractivity contribution in [2.75, 3.05) is 11.9 Å². The highest BCUT2D eigenvalue weighted by atomic mass is 79.9. The number of anilines is 1. The molecule has 1 aliphatic heterocycles. The zero-order valence-corrected chi connectivity index (χ0v) is 14.4. The van der Waals surface area contributed by atoms with Crippen molar-refractivity contribution in [3.63, 3.8) is 0 Å². The van der Waals surface area contributed by atoms with Crippen LogP contribution in [-0.2, 0) is 0 Å². The smallest absolute Gasteiger partial charge is 0.129 e. The molecule has 0 bridgehead atoms. The Hall–Kier alpha value is -2.66. The summed E-state index contributed by atoms with van der Waals surface area (Å²) in [6, 6.07) is 14.4. The third kappa shape index (κ3) is 3.03. The zero-order valence-electron chi connectivity index (χ0n) is 12.9. The Balaban J connectivity index is 1.66. The number of rotatable bonds is 3. The van der Waals surface area contributed by atoms with Crippen LogP contribution in [0, 0.1) is 0 Å². The van der Waals surface area contributed by atoms with E-state index in [1.54, 1.807) is 6.20 Å². The summed E-state index contributed by atoms with van der Waals surface area (Å²) in [6.45, 7) is 0.658. The molecule has 0 aliphatic carbocycles. The van der Waals surface area contributed by atoms with Gasteiger partial charge in [-0.3, -0.25) is 4.99 Å². The highest BCUT2D eigenvalue weighted by Gasteiger charge is 2.12. The summed E-state index contributed by atoms with van der Waals surface area (Å²) in [7, 11) is 0. The summed E-state index contributed by atoms with van der Waals surface area (Å²) < 4.78 is 3.07. The lowest BCUT2D eigenvalue weighted by atomic mass is 9.98. The first-order valence-electron chi connectivity index (χ1n) is 7.64. The minimum Gasteiger partial charge on any atom is -0.346 e. The van der Waals surface area contributed by atoms with Crippen molar-refractivity contribution in [3.05, 3.63) is 82.9 Å². The Morgan fingerprint density at radius 3 is 2.79 bits per heavy atom. The van der Waals surface area contributed by atoms with E-state index in [-0.39, 0.29) is 0 Å². The van der Waals surface area contributed by atoms with Crippen molar-refractivity contribution in [1.82, 2.24) is 9.55 Å². The fourth-order valence-corrected chi connectivity index (χ4v) is 2.91. The Bertz CT molecular complexity index is 909. The third-order valence-electron chi connectivity index (χ3n) is 3.90. The number of halogens is 1. The van der Waals surface area contributed by atoms with Gasteiger partial charge in [-0.05, 0) is 63.5 Å². The predicted octanol–water partition coefficient (Wildman–Crippen LogP) is 4.52. The molecule has 0 amide bonds. The minimum atomic E-state index is 0.658. The maximum atomic E-state index is 4.45. The van der Waals surface area contributed by atoms with Gasteiger partial charge in [0.2, 0.25) is 0 Å². The fourth-order valence-electron chi connectivity index (χ4n) is 2.68. The molecule has 0 radical (unpaired) electrons. The SMILES string of the molecule is Brc1ccc(N/C=C2\CN=Cc3ccc(-n4cccc4)cc32)nc1. The largest absolute Gasteiger partial charge is 0.346 e. The molecule has 4 rings (SSSR count). The Labute approximate surface area is 148 Å². The van der Waals surface area contributed by atoms with E-state index < -0.39 is 0 Å². The maximum absolute atomic E-state index is 4.45. The van der Waals surface area contributed by atoms with E-state index in [4.69, 9.17) is 0 Å². The number of aromatic nitrogens is 2. The van der Waals surface area contributed by atoms with Gasteiger partial charge in [0.15, 0.2) is 0 Å². The number of pyridine rings is 1.